The van der Waals surface area contributed by atoms with Gasteiger partial charge in [0, 0.05) is 49.4 Å². The number of benzene rings is 5. The maximum atomic E-state index is 5.33. The van der Waals surface area contributed by atoms with Gasteiger partial charge < -0.3 is 9.13 Å². The molecule has 0 amide bonds. The third kappa shape index (κ3) is 6.11. The summed E-state index contributed by atoms with van der Waals surface area (Å²) in [5.41, 5.74) is 16.6. The van der Waals surface area contributed by atoms with Crippen molar-refractivity contribution in [1.82, 2.24) is 19.1 Å². The summed E-state index contributed by atoms with van der Waals surface area (Å²) >= 11 is 0. The quantitative estimate of drug-likeness (QED) is 0.167. The van der Waals surface area contributed by atoms with Gasteiger partial charge in [0.2, 0.25) is 0 Å². The summed E-state index contributed by atoms with van der Waals surface area (Å²) in [6.45, 7) is 0. The summed E-state index contributed by atoms with van der Waals surface area (Å²) in [7, 11) is 0. The molecule has 5 aliphatic carbocycles. The zero-order valence-electron chi connectivity index (χ0n) is 35.9. The number of allylic oxidation sites excluding steroid dienone is 17. The van der Waals surface area contributed by atoms with Crippen LogP contribution in [0.2, 0.25) is 0 Å². The highest BCUT2D eigenvalue weighted by molar-refractivity contribution is 6.21. The summed E-state index contributed by atoms with van der Waals surface area (Å²) in [6.07, 6.45) is 40.4. The number of para-hydroxylation sites is 1. The average Bonchev–Trinajstić information content (AvgIpc) is 3.89. The van der Waals surface area contributed by atoms with E-state index in [4.69, 9.17) is 9.97 Å². The minimum Gasteiger partial charge on any atom is -0.337 e. The molecule has 4 nitrogen and oxygen atoms in total. The number of hydrogen-bond donors (Lipinski definition) is 0. The van der Waals surface area contributed by atoms with Crippen LogP contribution in [0.4, 0.5) is 0 Å². The SMILES string of the molecule is C1=CCCC(C2=CC=C(c3nc(C4=CCC(n5c6c(c7cc(-c8ccc9c(c8)c8c%10ccccc%10ccc8n9C8C=CC=CC8)ccc75)C=CCC6)C=C4)nc4ccccc34)CC2)=C1. The van der Waals surface area contributed by atoms with E-state index in [1.165, 1.54) is 82.6 Å². The predicted molar refractivity (Wildman–Crippen MR) is 269 cm³/mol. The van der Waals surface area contributed by atoms with E-state index in [1.807, 2.05) is 0 Å². The molecule has 5 aromatic carbocycles. The van der Waals surface area contributed by atoms with Crippen LogP contribution in [-0.4, -0.2) is 19.1 Å². The van der Waals surface area contributed by atoms with Gasteiger partial charge in [0.1, 0.15) is 0 Å². The molecule has 308 valence electrons. The minimum atomic E-state index is 0.209. The molecule has 0 aliphatic heterocycles. The Balaban J connectivity index is 0.857. The third-order valence-corrected chi connectivity index (χ3v) is 14.4. The molecule has 0 radical (unpaired) electrons. The summed E-state index contributed by atoms with van der Waals surface area (Å²) in [5, 5.41) is 7.70. The van der Waals surface area contributed by atoms with E-state index >= 15 is 0 Å². The Morgan fingerprint density at radius 1 is 0.516 bits per heavy atom. The number of fused-ring (bicyclic) bond motifs is 9. The van der Waals surface area contributed by atoms with Crippen LogP contribution in [0.3, 0.4) is 0 Å². The predicted octanol–water partition coefficient (Wildman–Crippen LogP) is 15.5. The summed E-state index contributed by atoms with van der Waals surface area (Å²) in [5.74, 6) is 0.811. The summed E-state index contributed by atoms with van der Waals surface area (Å²) < 4.78 is 5.18. The fourth-order valence-electron chi connectivity index (χ4n) is 11.3. The van der Waals surface area contributed by atoms with E-state index in [0.717, 1.165) is 79.4 Å². The van der Waals surface area contributed by atoms with Gasteiger partial charge in [0.25, 0.3) is 0 Å². The van der Waals surface area contributed by atoms with Crippen molar-refractivity contribution < 1.29 is 0 Å². The topological polar surface area (TPSA) is 35.6 Å². The van der Waals surface area contributed by atoms with Crippen LogP contribution in [0.1, 0.15) is 79.8 Å². The van der Waals surface area contributed by atoms with Crippen LogP contribution in [0, 0.1) is 0 Å². The van der Waals surface area contributed by atoms with Crippen molar-refractivity contribution in [2.45, 2.75) is 63.5 Å². The maximum absolute atomic E-state index is 5.33. The van der Waals surface area contributed by atoms with Crippen LogP contribution in [0.5, 0.6) is 0 Å². The van der Waals surface area contributed by atoms with E-state index in [9.17, 15) is 0 Å². The van der Waals surface area contributed by atoms with E-state index in [0.29, 0.717) is 0 Å². The number of aromatic nitrogens is 4. The Labute approximate surface area is 373 Å². The van der Waals surface area contributed by atoms with E-state index < -0.39 is 0 Å². The first-order valence-corrected chi connectivity index (χ1v) is 23.3. The molecule has 5 aliphatic rings. The molecule has 2 atom stereocenters. The molecular weight excluding hydrogens is 777 g/mol. The lowest BCUT2D eigenvalue weighted by Crippen LogP contribution is -2.13. The molecule has 0 N–H and O–H groups in total. The fraction of sp³-hybridized carbons (Fsp3) is 0.167. The first-order chi connectivity index (χ1) is 31.7. The summed E-state index contributed by atoms with van der Waals surface area (Å²) in [4.78, 5) is 10.5. The molecule has 0 saturated heterocycles. The van der Waals surface area contributed by atoms with Crippen LogP contribution >= 0.6 is 0 Å². The van der Waals surface area contributed by atoms with Gasteiger partial charge in [-0.2, -0.15) is 0 Å². The Morgan fingerprint density at radius 2 is 1.28 bits per heavy atom. The molecule has 13 rings (SSSR count). The first-order valence-electron chi connectivity index (χ1n) is 23.3. The van der Waals surface area contributed by atoms with Gasteiger partial charge in [0.05, 0.1) is 28.8 Å². The monoisotopic (exact) mass is 824 g/mol. The van der Waals surface area contributed by atoms with Crippen molar-refractivity contribution in [3.63, 3.8) is 0 Å². The van der Waals surface area contributed by atoms with Crippen LogP contribution in [-0.2, 0) is 6.42 Å². The second-order valence-corrected chi connectivity index (χ2v) is 18.1. The molecule has 0 fully saturated rings. The molecule has 0 bridgehead atoms. The van der Waals surface area contributed by atoms with Gasteiger partial charge in [-0.15, -0.1) is 0 Å². The zero-order chi connectivity index (χ0) is 42.1. The van der Waals surface area contributed by atoms with Crippen molar-refractivity contribution in [3.8, 4) is 11.1 Å². The third-order valence-electron chi connectivity index (χ3n) is 14.4. The smallest absolute Gasteiger partial charge is 0.160 e. The van der Waals surface area contributed by atoms with Crippen LogP contribution in [0.25, 0.3) is 82.7 Å². The minimum absolute atomic E-state index is 0.209. The molecule has 2 unspecified atom stereocenters. The van der Waals surface area contributed by atoms with Gasteiger partial charge in [-0.25, -0.2) is 9.97 Å². The lowest BCUT2D eigenvalue weighted by atomic mass is 9.87. The Kier molecular flexibility index (Phi) is 8.85. The van der Waals surface area contributed by atoms with Crippen molar-refractivity contribution in [2.24, 2.45) is 0 Å². The standard InChI is InChI=1S/C60H48N4/c1-3-13-39(14-4-1)40-23-25-42(26-24-40)59-50-20-9-11-21-53(50)61-60(62-59)43-27-32-47(33-28-43)63-54-22-12-10-19-49(54)51-37-44(30-34-55(51)63)45-31-35-56-52(38-45)58-48-18-8-7-15-41(48)29-36-57(58)64(56)46-16-5-2-6-17-46/h1-3,5-11,13,15-16,18-21,23,25,27-32,34-38,46-47H,4,12,14,17,22,24,26,33H2. The van der Waals surface area contributed by atoms with E-state index in [2.05, 4.69) is 191 Å². The van der Waals surface area contributed by atoms with Crippen molar-refractivity contribution in [1.29, 1.82) is 0 Å². The molecule has 64 heavy (non-hydrogen) atoms. The molecule has 0 spiro atoms. The van der Waals surface area contributed by atoms with Gasteiger partial charge in [-0.1, -0.05) is 146 Å². The lowest BCUT2D eigenvalue weighted by Gasteiger charge is -2.23. The van der Waals surface area contributed by atoms with E-state index in [1.54, 1.807) is 0 Å². The second kappa shape index (κ2) is 15.2. The Hall–Kier alpha value is -7.30. The van der Waals surface area contributed by atoms with Gasteiger partial charge in [-0.05, 0) is 126 Å². The maximum Gasteiger partial charge on any atom is 0.160 e. The average molecular weight is 825 g/mol. The molecule has 0 saturated carbocycles. The van der Waals surface area contributed by atoms with Gasteiger partial charge in [-0.3, -0.25) is 0 Å². The van der Waals surface area contributed by atoms with Gasteiger partial charge >= 0.3 is 0 Å². The van der Waals surface area contributed by atoms with Crippen molar-refractivity contribution in [3.05, 3.63) is 210 Å². The summed E-state index contributed by atoms with van der Waals surface area (Å²) in [6, 6.07) is 36.8. The Morgan fingerprint density at radius 3 is 2.09 bits per heavy atom. The highest BCUT2D eigenvalue weighted by Gasteiger charge is 2.25. The molecule has 8 aromatic rings. The molecule has 4 heteroatoms. The highest BCUT2D eigenvalue weighted by atomic mass is 15.0. The largest absolute Gasteiger partial charge is 0.337 e. The molecule has 3 heterocycles. The molecular formula is C60H48N4. The lowest BCUT2D eigenvalue weighted by molar-refractivity contribution is 0.599. The van der Waals surface area contributed by atoms with Crippen LogP contribution < -0.4 is 0 Å². The normalized spacial score (nSPS) is 19.4. The molecule has 3 aromatic heterocycles. The van der Waals surface area contributed by atoms with Gasteiger partial charge in [0.15, 0.2) is 5.82 Å². The number of rotatable bonds is 6. The van der Waals surface area contributed by atoms with Crippen molar-refractivity contribution in [2.75, 3.05) is 0 Å². The van der Waals surface area contributed by atoms with E-state index in [-0.39, 0.29) is 12.1 Å². The first kappa shape index (κ1) is 37.3. The highest BCUT2D eigenvalue weighted by Crippen LogP contribution is 2.43. The zero-order valence-corrected chi connectivity index (χ0v) is 35.9. The van der Waals surface area contributed by atoms with Crippen molar-refractivity contribution >= 4 is 71.6 Å². The number of hydrogen-bond acceptors (Lipinski definition) is 2. The fourth-order valence-corrected chi connectivity index (χ4v) is 11.3. The van der Waals surface area contributed by atoms with Crippen LogP contribution in [0.15, 0.2) is 187 Å². The second-order valence-electron chi connectivity index (χ2n) is 18.1. The Bertz CT molecular complexity index is 3570. The number of nitrogens with zero attached hydrogens (tertiary/aromatic N) is 4.